The molecule has 1 amide bonds. The molecule has 1 unspecified atom stereocenters. The number of benzene rings is 1. The van der Waals surface area contributed by atoms with E-state index in [9.17, 15) is 14.7 Å². The van der Waals surface area contributed by atoms with Gasteiger partial charge in [0.25, 0.3) is 0 Å². The van der Waals surface area contributed by atoms with Crippen LogP contribution in [-0.2, 0) is 4.79 Å². The topological polar surface area (TPSA) is 104 Å². The van der Waals surface area contributed by atoms with E-state index in [1.54, 1.807) is 24.3 Å². The van der Waals surface area contributed by atoms with Gasteiger partial charge in [0.15, 0.2) is 5.69 Å². The molecular weight excluding hydrogens is 272 g/mol. The third-order valence-electron chi connectivity index (χ3n) is 3.47. The number of carboxylic acids is 1. The van der Waals surface area contributed by atoms with Gasteiger partial charge in [-0.15, -0.1) is 10.2 Å². The molecule has 0 radical (unpaired) electrons. The van der Waals surface area contributed by atoms with Crippen molar-refractivity contribution in [3.8, 4) is 0 Å². The summed E-state index contributed by atoms with van der Waals surface area (Å²) < 4.78 is 0. The van der Waals surface area contributed by atoms with E-state index in [1.165, 1.54) is 0 Å². The first-order chi connectivity index (χ1) is 10.2. The summed E-state index contributed by atoms with van der Waals surface area (Å²) in [6.45, 7) is 0.651. The molecule has 2 aromatic rings. The summed E-state index contributed by atoms with van der Waals surface area (Å²) in [6, 6.07) is 6.65. The van der Waals surface area contributed by atoms with Crippen LogP contribution in [0.3, 0.4) is 0 Å². The van der Waals surface area contributed by atoms with Crippen molar-refractivity contribution in [2.24, 2.45) is 0 Å². The number of aromatic carboxylic acids is 1. The summed E-state index contributed by atoms with van der Waals surface area (Å²) in [4.78, 5) is 23.2. The van der Waals surface area contributed by atoms with Gasteiger partial charge in [-0.3, -0.25) is 4.79 Å². The lowest BCUT2D eigenvalue weighted by Crippen LogP contribution is -2.44. The fourth-order valence-corrected chi connectivity index (χ4v) is 2.43. The maximum Gasteiger partial charge on any atom is 0.358 e. The van der Waals surface area contributed by atoms with Crippen LogP contribution in [0.2, 0.25) is 0 Å². The summed E-state index contributed by atoms with van der Waals surface area (Å²) >= 11 is 0. The number of amides is 1. The number of hydrogen-bond acceptors (Lipinski definition) is 5. The van der Waals surface area contributed by atoms with Crippen molar-refractivity contribution >= 4 is 28.5 Å². The second-order valence-electron chi connectivity index (χ2n) is 4.88. The third-order valence-corrected chi connectivity index (χ3v) is 3.47. The molecule has 1 aromatic carbocycles. The van der Waals surface area contributed by atoms with Crippen LogP contribution in [0.5, 0.6) is 0 Å². The van der Waals surface area contributed by atoms with Crippen LogP contribution in [-0.4, -0.2) is 39.8 Å². The number of nitrogens with one attached hydrogen (secondary N) is 2. The highest BCUT2D eigenvalue weighted by Crippen LogP contribution is 2.26. The summed E-state index contributed by atoms with van der Waals surface area (Å²) in [5, 5.41) is 23.4. The Bertz CT molecular complexity index is 716. The molecule has 1 saturated heterocycles. The van der Waals surface area contributed by atoms with Crippen molar-refractivity contribution in [1.82, 2.24) is 15.5 Å². The molecule has 1 aromatic heterocycles. The molecule has 0 bridgehead atoms. The van der Waals surface area contributed by atoms with Gasteiger partial charge in [-0.25, -0.2) is 4.79 Å². The summed E-state index contributed by atoms with van der Waals surface area (Å²) in [6.07, 6.45) is 1.50. The molecule has 0 saturated carbocycles. The van der Waals surface area contributed by atoms with Crippen molar-refractivity contribution in [1.29, 1.82) is 0 Å². The molecule has 7 heteroatoms. The third kappa shape index (κ3) is 2.49. The molecule has 1 aliphatic heterocycles. The number of carbonyl (C=O) groups is 2. The standard InChI is InChI=1S/C14H14N4O3/c19-13-10(6-3-7-15-13)16-11-8-4-1-2-5-9(8)17-18-12(11)14(20)21/h1-2,4-5,10H,3,6-7H2,(H,15,19)(H,16,17)(H,20,21). The molecule has 3 rings (SSSR count). The quantitative estimate of drug-likeness (QED) is 0.778. The normalized spacial score (nSPS) is 18.3. The summed E-state index contributed by atoms with van der Waals surface area (Å²) in [7, 11) is 0. The smallest absolute Gasteiger partial charge is 0.358 e. The lowest BCUT2D eigenvalue weighted by atomic mass is 10.1. The van der Waals surface area contributed by atoms with E-state index in [0.29, 0.717) is 29.6 Å². The minimum Gasteiger partial charge on any atom is -0.476 e. The van der Waals surface area contributed by atoms with E-state index in [0.717, 1.165) is 6.42 Å². The number of carbonyl (C=O) groups excluding carboxylic acids is 1. The Morgan fingerprint density at radius 2 is 2.14 bits per heavy atom. The van der Waals surface area contributed by atoms with Gasteiger partial charge in [0.1, 0.15) is 6.04 Å². The van der Waals surface area contributed by atoms with Gasteiger partial charge in [-0.1, -0.05) is 18.2 Å². The van der Waals surface area contributed by atoms with E-state index >= 15 is 0 Å². The van der Waals surface area contributed by atoms with Gasteiger partial charge in [0, 0.05) is 11.9 Å². The molecule has 1 atom stereocenters. The Balaban J connectivity index is 2.07. The van der Waals surface area contributed by atoms with Crippen molar-refractivity contribution < 1.29 is 14.7 Å². The maximum absolute atomic E-state index is 11.9. The van der Waals surface area contributed by atoms with Gasteiger partial charge in [-0.2, -0.15) is 0 Å². The number of rotatable bonds is 3. The second-order valence-corrected chi connectivity index (χ2v) is 4.88. The van der Waals surface area contributed by atoms with Gasteiger partial charge < -0.3 is 15.7 Å². The lowest BCUT2D eigenvalue weighted by molar-refractivity contribution is -0.123. The molecule has 0 aliphatic carbocycles. The van der Waals surface area contributed by atoms with Gasteiger partial charge in [-0.05, 0) is 18.9 Å². The van der Waals surface area contributed by atoms with Crippen molar-refractivity contribution in [3.05, 3.63) is 30.0 Å². The molecule has 108 valence electrons. The monoisotopic (exact) mass is 286 g/mol. The highest BCUT2D eigenvalue weighted by Gasteiger charge is 2.25. The predicted molar refractivity (Wildman–Crippen MR) is 76.2 cm³/mol. The Morgan fingerprint density at radius 1 is 1.33 bits per heavy atom. The first-order valence-electron chi connectivity index (χ1n) is 6.70. The van der Waals surface area contributed by atoms with Crippen LogP contribution < -0.4 is 10.6 Å². The Labute approximate surface area is 120 Å². The highest BCUT2D eigenvalue weighted by atomic mass is 16.4. The van der Waals surface area contributed by atoms with Crippen LogP contribution >= 0.6 is 0 Å². The fraction of sp³-hybridized carbons (Fsp3) is 0.286. The zero-order valence-electron chi connectivity index (χ0n) is 11.2. The second kappa shape index (κ2) is 5.35. The van der Waals surface area contributed by atoms with Gasteiger partial charge in [0.2, 0.25) is 5.91 Å². The molecule has 1 fully saturated rings. The Kier molecular flexibility index (Phi) is 3.39. The lowest BCUT2D eigenvalue weighted by Gasteiger charge is -2.24. The van der Waals surface area contributed by atoms with E-state index in [2.05, 4.69) is 20.8 Å². The number of nitrogens with zero attached hydrogens (tertiary/aromatic N) is 2. The number of aromatic nitrogens is 2. The Hall–Kier alpha value is -2.70. The highest BCUT2D eigenvalue weighted by molar-refractivity contribution is 6.03. The minimum absolute atomic E-state index is 0.126. The molecule has 7 nitrogen and oxygen atoms in total. The van der Waals surface area contributed by atoms with Crippen molar-refractivity contribution in [2.75, 3.05) is 11.9 Å². The summed E-state index contributed by atoms with van der Waals surface area (Å²) in [5.41, 5.74) is 0.753. The molecule has 21 heavy (non-hydrogen) atoms. The van der Waals surface area contributed by atoms with Crippen LogP contribution in [0, 0.1) is 0 Å². The largest absolute Gasteiger partial charge is 0.476 e. The van der Waals surface area contributed by atoms with E-state index in [4.69, 9.17) is 0 Å². The van der Waals surface area contributed by atoms with Crippen LogP contribution in [0.25, 0.3) is 10.9 Å². The number of anilines is 1. The molecule has 3 N–H and O–H groups in total. The predicted octanol–water partition coefficient (Wildman–Crippen LogP) is 1.02. The SMILES string of the molecule is O=C(O)c1nnc2ccccc2c1NC1CCCNC1=O. The van der Waals surface area contributed by atoms with E-state index in [1.807, 2.05) is 0 Å². The first-order valence-corrected chi connectivity index (χ1v) is 6.70. The van der Waals surface area contributed by atoms with Gasteiger partial charge >= 0.3 is 5.97 Å². The average Bonchev–Trinajstić information content (AvgIpc) is 2.49. The minimum atomic E-state index is -1.17. The molecule has 0 spiro atoms. The molecule has 2 heterocycles. The average molecular weight is 286 g/mol. The first kappa shape index (κ1) is 13.3. The zero-order valence-corrected chi connectivity index (χ0v) is 11.2. The van der Waals surface area contributed by atoms with Crippen LogP contribution in [0.1, 0.15) is 23.3 Å². The summed E-state index contributed by atoms with van der Waals surface area (Å²) in [5.74, 6) is -1.30. The van der Waals surface area contributed by atoms with Crippen LogP contribution in [0.4, 0.5) is 5.69 Å². The van der Waals surface area contributed by atoms with E-state index < -0.39 is 12.0 Å². The number of piperidine rings is 1. The molecular formula is C14H14N4O3. The zero-order chi connectivity index (χ0) is 14.8. The Morgan fingerprint density at radius 3 is 2.90 bits per heavy atom. The number of fused-ring (bicyclic) bond motifs is 1. The number of hydrogen-bond donors (Lipinski definition) is 3. The fourth-order valence-electron chi connectivity index (χ4n) is 2.43. The molecule has 1 aliphatic rings. The van der Waals surface area contributed by atoms with Gasteiger partial charge in [0.05, 0.1) is 11.2 Å². The van der Waals surface area contributed by atoms with E-state index in [-0.39, 0.29) is 11.6 Å². The number of carboxylic acid groups (broad SMARTS) is 1. The maximum atomic E-state index is 11.9. The van der Waals surface area contributed by atoms with Crippen LogP contribution in [0.15, 0.2) is 24.3 Å². The van der Waals surface area contributed by atoms with Crippen molar-refractivity contribution in [3.63, 3.8) is 0 Å². The van der Waals surface area contributed by atoms with Crippen molar-refractivity contribution in [2.45, 2.75) is 18.9 Å².